The van der Waals surface area contributed by atoms with E-state index in [1.165, 1.54) is 7.11 Å². The van der Waals surface area contributed by atoms with Gasteiger partial charge in [0.25, 0.3) is 0 Å². The van der Waals surface area contributed by atoms with Gasteiger partial charge in [-0.25, -0.2) is 9.78 Å². The molecule has 9 heteroatoms. The number of aryl methyl sites for hydroxylation is 1. The maximum absolute atomic E-state index is 13.7. The van der Waals surface area contributed by atoms with Gasteiger partial charge in [0, 0.05) is 32.3 Å². The second-order valence-electron chi connectivity index (χ2n) is 9.19. The molecular weight excluding hydrogens is 412 g/mol. The predicted octanol–water partition coefficient (Wildman–Crippen LogP) is 1.44. The minimum Gasteiger partial charge on any atom is -0.467 e. The first-order chi connectivity index (χ1) is 15.5. The third kappa shape index (κ3) is 5.31. The van der Waals surface area contributed by atoms with Crippen LogP contribution >= 0.6 is 0 Å². The molecule has 0 aromatic carbocycles. The summed E-state index contributed by atoms with van der Waals surface area (Å²) in [7, 11) is 1.34. The van der Waals surface area contributed by atoms with Crippen LogP contribution < -0.4 is 5.32 Å². The fraction of sp³-hybridized carbons (Fsp3) is 0.739. The number of ether oxygens (including phenoxy) is 2. The lowest BCUT2D eigenvalue weighted by Crippen LogP contribution is -2.55. The van der Waals surface area contributed by atoms with Crippen LogP contribution in [0.4, 0.5) is 0 Å². The zero-order valence-electron chi connectivity index (χ0n) is 18.8. The number of fused-ring (bicyclic) bond motifs is 4. The Hall–Kier alpha value is -2.42. The molecule has 1 saturated carbocycles. The predicted molar refractivity (Wildman–Crippen MR) is 116 cm³/mol. The highest BCUT2D eigenvalue weighted by atomic mass is 16.5. The van der Waals surface area contributed by atoms with Crippen molar-refractivity contribution in [2.45, 2.75) is 82.5 Å². The van der Waals surface area contributed by atoms with Crippen LogP contribution in [-0.2, 0) is 36.8 Å². The molecule has 0 radical (unpaired) electrons. The van der Waals surface area contributed by atoms with E-state index < -0.39 is 18.1 Å². The lowest BCUT2D eigenvalue weighted by molar-refractivity contribution is -0.152. The second-order valence-corrected chi connectivity index (χ2v) is 9.19. The van der Waals surface area contributed by atoms with Gasteiger partial charge in [-0.3, -0.25) is 9.59 Å². The van der Waals surface area contributed by atoms with Gasteiger partial charge in [0.2, 0.25) is 11.8 Å². The summed E-state index contributed by atoms with van der Waals surface area (Å²) in [6.07, 6.45) is 10.8. The van der Waals surface area contributed by atoms with Crippen molar-refractivity contribution in [2.75, 3.05) is 20.3 Å². The number of imidazole rings is 1. The number of methoxy groups -OCH3 is 1. The summed E-state index contributed by atoms with van der Waals surface area (Å²) in [6.45, 7) is 1.73. The molecule has 3 atom stereocenters. The van der Waals surface area contributed by atoms with Crippen LogP contribution in [0.25, 0.3) is 0 Å². The largest absolute Gasteiger partial charge is 0.467 e. The van der Waals surface area contributed by atoms with Gasteiger partial charge in [-0.2, -0.15) is 0 Å². The van der Waals surface area contributed by atoms with Gasteiger partial charge in [-0.1, -0.05) is 19.3 Å². The van der Waals surface area contributed by atoms with E-state index in [1.807, 2.05) is 10.8 Å². The standard InChI is InChI=1S/C23H34N4O5/c1-31-23(30)19-12-18-14-27(19)22(29)21(16-7-3-2-4-8-16)25-20(28)11-17-13-26(15-24-17)9-5-6-10-32-18/h13,15-16,18-19,21H,2-12,14H2,1H3,(H,25,28)/t18-,19+,21+/m1/s1. The molecule has 32 heavy (non-hydrogen) atoms. The van der Waals surface area contributed by atoms with Crippen molar-refractivity contribution in [1.29, 1.82) is 0 Å². The fourth-order valence-corrected chi connectivity index (χ4v) is 5.20. The van der Waals surface area contributed by atoms with Crippen LogP contribution in [0.3, 0.4) is 0 Å². The average Bonchev–Trinajstić information content (AvgIpc) is 3.43. The highest BCUT2D eigenvalue weighted by Gasteiger charge is 2.44. The summed E-state index contributed by atoms with van der Waals surface area (Å²) >= 11 is 0. The average molecular weight is 447 g/mol. The number of carbonyl (C=O) groups excluding carboxylic acids is 3. The minimum atomic E-state index is -0.675. The monoisotopic (exact) mass is 446 g/mol. The van der Waals surface area contributed by atoms with Crippen LogP contribution in [0, 0.1) is 5.92 Å². The maximum atomic E-state index is 13.7. The Kier molecular flexibility index (Phi) is 7.44. The van der Waals surface area contributed by atoms with Crippen molar-refractivity contribution < 1.29 is 23.9 Å². The molecule has 1 aromatic rings. The first-order valence-electron chi connectivity index (χ1n) is 11.8. The summed E-state index contributed by atoms with van der Waals surface area (Å²) in [5.74, 6) is -0.784. The zero-order valence-corrected chi connectivity index (χ0v) is 18.8. The number of nitrogens with zero attached hydrogens (tertiary/aromatic N) is 3. The molecule has 2 fully saturated rings. The minimum absolute atomic E-state index is 0.0647. The Morgan fingerprint density at radius 1 is 1.19 bits per heavy atom. The van der Waals surface area contributed by atoms with Crippen LogP contribution in [-0.4, -0.2) is 70.7 Å². The molecule has 176 valence electrons. The number of hydrogen-bond acceptors (Lipinski definition) is 6. The summed E-state index contributed by atoms with van der Waals surface area (Å²) in [6, 6.07) is -1.32. The summed E-state index contributed by atoms with van der Waals surface area (Å²) in [5, 5.41) is 3.01. The van der Waals surface area contributed by atoms with E-state index in [0.29, 0.717) is 25.3 Å². The van der Waals surface area contributed by atoms with Gasteiger partial charge in [-0.05, 0) is 31.6 Å². The fourth-order valence-electron chi connectivity index (χ4n) is 5.20. The molecule has 0 unspecified atom stereocenters. The number of hydrogen-bond donors (Lipinski definition) is 1. The highest BCUT2D eigenvalue weighted by Crippen LogP contribution is 2.30. The molecule has 4 rings (SSSR count). The number of nitrogens with one attached hydrogen (secondary N) is 1. The van der Waals surface area contributed by atoms with Crippen molar-refractivity contribution in [1.82, 2.24) is 19.8 Å². The van der Waals surface area contributed by atoms with Gasteiger partial charge >= 0.3 is 5.97 Å². The van der Waals surface area contributed by atoms with Crippen molar-refractivity contribution >= 4 is 17.8 Å². The van der Waals surface area contributed by atoms with E-state index in [0.717, 1.165) is 51.5 Å². The molecular formula is C23H34N4O5. The molecule has 4 bridgehead atoms. The van der Waals surface area contributed by atoms with Gasteiger partial charge in [-0.15, -0.1) is 0 Å². The quantitative estimate of drug-likeness (QED) is 0.690. The van der Waals surface area contributed by atoms with Crippen molar-refractivity contribution in [3.8, 4) is 0 Å². The third-order valence-corrected chi connectivity index (χ3v) is 6.92. The number of aromatic nitrogens is 2. The summed E-state index contributed by atoms with van der Waals surface area (Å²) in [5.41, 5.74) is 0.689. The van der Waals surface area contributed by atoms with Crippen LogP contribution in [0.1, 0.15) is 57.1 Å². The Labute approximate surface area is 188 Å². The Balaban J connectivity index is 1.59. The molecule has 1 aromatic heterocycles. The van der Waals surface area contributed by atoms with Crippen molar-refractivity contribution in [2.24, 2.45) is 5.92 Å². The molecule has 9 nitrogen and oxygen atoms in total. The first-order valence-corrected chi connectivity index (χ1v) is 11.8. The smallest absolute Gasteiger partial charge is 0.328 e. The van der Waals surface area contributed by atoms with Crippen LogP contribution in [0.15, 0.2) is 12.5 Å². The molecule has 1 N–H and O–H groups in total. The van der Waals surface area contributed by atoms with E-state index in [9.17, 15) is 14.4 Å². The summed E-state index contributed by atoms with van der Waals surface area (Å²) < 4.78 is 13.0. The lowest BCUT2D eigenvalue weighted by atomic mass is 9.83. The molecule has 0 spiro atoms. The van der Waals surface area contributed by atoms with E-state index in [1.54, 1.807) is 11.2 Å². The molecule has 3 aliphatic rings. The van der Waals surface area contributed by atoms with Gasteiger partial charge in [0.1, 0.15) is 12.1 Å². The first kappa shape index (κ1) is 22.8. The SMILES string of the molecule is COC(=O)[C@@H]1C[C@@H]2CN1C(=O)[C@H](C1CCCCC1)NC(=O)Cc1cn(cn1)CCCCO2. The second kappa shape index (κ2) is 10.5. The topological polar surface area (TPSA) is 103 Å². The van der Waals surface area contributed by atoms with Crippen molar-refractivity contribution in [3.63, 3.8) is 0 Å². The van der Waals surface area contributed by atoms with Crippen molar-refractivity contribution in [3.05, 3.63) is 18.2 Å². The van der Waals surface area contributed by atoms with E-state index in [4.69, 9.17) is 9.47 Å². The highest BCUT2D eigenvalue weighted by molar-refractivity contribution is 5.92. The molecule has 1 aliphatic carbocycles. The Morgan fingerprint density at radius 3 is 2.78 bits per heavy atom. The lowest BCUT2D eigenvalue weighted by Gasteiger charge is -2.34. The van der Waals surface area contributed by atoms with Gasteiger partial charge < -0.3 is 24.3 Å². The number of amides is 2. The number of esters is 1. The molecule has 2 aliphatic heterocycles. The van der Waals surface area contributed by atoms with Gasteiger partial charge in [0.05, 0.1) is 31.7 Å². The van der Waals surface area contributed by atoms with E-state index in [2.05, 4.69) is 10.3 Å². The Morgan fingerprint density at radius 2 is 2.00 bits per heavy atom. The summed E-state index contributed by atoms with van der Waals surface area (Å²) in [4.78, 5) is 45.0. The van der Waals surface area contributed by atoms with Crippen LogP contribution in [0.5, 0.6) is 0 Å². The van der Waals surface area contributed by atoms with Gasteiger partial charge in [0.15, 0.2) is 0 Å². The molecule has 2 amide bonds. The maximum Gasteiger partial charge on any atom is 0.328 e. The molecule has 1 saturated heterocycles. The third-order valence-electron chi connectivity index (χ3n) is 6.92. The van der Waals surface area contributed by atoms with Crippen LogP contribution in [0.2, 0.25) is 0 Å². The normalized spacial score (nSPS) is 28.4. The van der Waals surface area contributed by atoms with E-state index in [-0.39, 0.29) is 30.3 Å². The number of rotatable bonds is 2. The zero-order chi connectivity index (χ0) is 22.5. The molecule has 3 heterocycles. The van der Waals surface area contributed by atoms with E-state index >= 15 is 0 Å². The Bertz CT molecular complexity index is 819. The number of carbonyl (C=O) groups is 3.